The molecule has 0 aliphatic heterocycles. The number of hydrogen-bond donors (Lipinski definition) is 1. The molecule has 0 aromatic carbocycles. The first-order chi connectivity index (χ1) is 6.29. The van der Waals surface area contributed by atoms with Gasteiger partial charge in [0.25, 0.3) is 0 Å². The van der Waals surface area contributed by atoms with E-state index in [9.17, 15) is 4.79 Å². The molecule has 0 aliphatic carbocycles. The number of ketones is 1. The minimum absolute atomic E-state index is 0.0135. The molecule has 72 valence electrons. The van der Waals surface area contributed by atoms with Gasteiger partial charge in [0.05, 0.1) is 0 Å². The van der Waals surface area contributed by atoms with Gasteiger partial charge in [-0.1, -0.05) is 13.3 Å². The Kier molecular flexibility index (Phi) is 4.12. The molecule has 0 saturated heterocycles. The SMILES string of the molecule is CCCC(CN)C(=O)c1ccsc1. The standard InChI is InChI=1S/C10H15NOS/c1-2-3-8(6-11)10(12)9-4-5-13-7-9/h4-5,7-8H,2-3,6,11H2,1H3. The van der Waals surface area contributed by atoms with Crippen molar-refractivity contribution in [3.63, 3.8) is 0 Å². The summed E-state index contributed by atoms with van der Waals surface area (Å²) in [4.78, 5) is 11.8. The van der Waals surface area contributed by atoms with Gasteiger partial charge in [0.2, 0.25) is 0 Å². The summed E-state index contributed by atoms with van der Waals surface area (Å²) in [6.07, 6.45) is 1.91. The molecule has 1 aromatic rings. The van der Waals surface area contributed by atoms with Gasteiger partial charge in [-0.15, -0.1) is 0 Å². The molecule has 1 aromatic heterocycles. The Bertz CT molecular complexity index is 256. The van der Waals surface area contributed by atoms with Crippen molar-refractivity contribution in [2.45, 2.75) is 19.8 Å². The lowest BCUT2D eigenvalue weighted by Crippen LogP contribution is -2.23. The van der Waals surface area contributed by atoms with Crippen LogP contribution in [0.25, 0.3) is 0 Å². The fraction of sp³-hybridized carbons (Fsp3) is 0.500. The van der Waals surface area contributed by atoms with Gasteiger partial charge in [-0.2, -0.15) is 11.3 Å². The van der Waals surface area contributed by atoms with E-state index in [2.05, 4.69) is 6.92 Å². The molecule has 0 radical (unpaired) electrons. The monoisotopic (exact) mass is 197 g/mol. The molecule has 13 heavy (non-hydrogen) atoms. The number of nitrogens with two attached hydrogens (primary N) is 1. The summed E-state index contributed by atoms with van der Waals surface area (Å²) in [6.45, 7) is 2.53. The van der Waals surface area contributed by atoms with Crippen LogP contribution in [-0.4, -0.2) is 12.3 Å². The smallest absolute Gasteiger partial charge is 0.168 e. The zero-order chi connectivity index (χ0) is 9.68. The first-order valence-corrected chi connectivity index (χ1v) is 5.50. The number of rotatable bonds is 5. The van der Waals surface area contributed by atoms with Gasteiger partial charge in [-0.3, -0.25) is 4.79 Å². The Labute approximate surface area is 82.8 Å². The van der Waals surface area contributed by atoms with E-state index >= 15 is 0 Å². The van der Waals surface area contributed by atoms with Crippen LogP contribution in [0.4, 0.5) is 0 Å². The fourth-order valence-corrected chi connectivity index (χ4v) is 1.99. The molecule has 0 aliphatic rings. The van der Waals surface area contributed by atoms with Crippen LogP contribution in [0.3, 0.4) is 0 Å². The summed E-state index contributed by atoms with van der Waals surface area (Å²) >= 11 is 1.55. The van der Waals surface area contributed by atoms with E-state index in [0.29, 0.717) is 6.54 Å². The molecule has 2 N–H and O–H groups in total. The highest BCUT2D eigenvalue weighted by atomic mass is 32.1. The number of hydrogen-bond acceptors (Lipinski definition) is 3. The van der Waals surface area contributed by atoms with E-state index in [4.69, 9.17) is 5.73 Å². The highest BCUT2D eigenvalue weighted by Gasteiger charge is 2.17. The Morgan fingerprint density at radius 3 is 2.92 bits per heavy atom. The maximum atomic E-state index is 11.8. The number of carbonyl (C=O) groups is 1. The van der Waals surface area contributed by atoms with Gasteiger partial charge in [-0.25, -0.2) is 0 Å². The van der Waals surface area contributed by atoms with Crippen LogP contribution in [0.1, 0.15) is 30.1 Å². The predicted molar refractivity (Wildman–Crippen MR) is 56.1 cm³/mol. The second kappa shape index (κ2) is 5.14. The van der Waals surface area contributed by atoms with Crippen molar-refractivity contribution < 1.29 is 4.79 Å². The van der Waals surface area contributed by atoms with Gasteiger partial charge in [0.15, 0.2) is 5.78 Å². The molecule has 0 spiro atoms. The molecular weight excluding hydrogens is 182 g/mol. The minimum Gasteiger partial charge on any atom is -0.330 e. The van der Waals surface area contributed by atoms with E-state index in [0.717, 1.165) is 18.4 Å². The Morgan fingerprint density at radius 2 is 2.46 bits per heavy atom. The first-order valence-electron chi connectivity index (χ1n) is 4.56. The molecule has 0 amide bonds. The largest absolute Gasteiger partial charge is 0.330 e. The highest BCUT2D eigenvalue weighted by molar-refractivity contribution is 7.08. The summed E-state index contributed by atoms with van der Waals surface area (Å²) in [5.41, 5.74) is 6.36. The summed E-state index contributed by atoms with van der Waals surface area (Å²) in [6, 6.07) is 1.87. The van der Waals surface area contributed by atoms with E-state index in [1.54, 1.807) is 11.3 Å². The second-order valence-corrected chi connectivity index (χ2v) is 3.88. The van der Waals surface area contributed by atoms with Crippen molar-refractivity contribution in [3.8, 4) is 0 Å². The van der Waals surface area contributed by atoms with Crippen molar-refractivity contribution >= 4 is 17.1 Å². The zero-order valence-corrected chi connectivity index (χ0v) is 8.64. The Hall–Kier alpha value is -0.670. The van der Waals surface area contributed by atoms with Crippen molar-refractivity contribution in [1.82, 2.24) is 0 Å². The van der Waals surface area contributed by atoms with Crippen LogP contribution in [0.5, 0.6) is 0 Å². The van der Waals surface area contributed by atoms with Gasteiger partial charge < -0.3 is 5.73 Å². The van der Waals surface area contributed by atoms with Gasteiger partial charge in [0, 0.05) is 23.4 Å². The quantitative estimate of drug-likeness (QED) is 0.736. The molecule has 0 fully saturated rings. The fourth-order valence-electron chi connectivity index (χ4n) is 1.34. The molecule has 1 heterocycles. The lowest BCUT2D eigenvalue weighted by atomic mass is 9.95. The first kappa shape index (κ1) is 10.4. The van der Waals surface area contributed by atoms with Crippen molar-refractivity contribution in [1.29, 1.82) is 0 Å². The molecule has 0 bridgehead atoms. The van der Waals surface area contributed by atoms with Crippen LogP contribution >= 0.6 is 11.3 Å². The highest BCUT2D eigenvalue weighted by Crippen LogP contribution is 2.15. The second-order valence-electron chi connectivity index (χ2n) is 3.10. The third-order valence-corrected chi connectivity index (χ3v) is 2.78. The molecular formula is C10H15NOS. The van der Waals surface area contributed by atoms with Crippen molar-refractivity contribution in [3.05, 3.63) is 22.4 Å². The van der Waals surface area contributed by atoms with E-state index in [1.807, 2.05) is 16.8 Å². The van der Waals surface area contributed by atoms with Crippen LogP contribution in [0.2, 0.25) is 0 Å². The maximum Gasteiger partial charge on any atom is 0.168 e. The van der Waals surface area contributed by atoms with Crippen molar-refractivity contribution in [2.24, 2.45) is 11.7 Å². The summed E-state index contributed by atoms with van der Waals surface area (Å²) in [5.74, 6) is 0.213. The zero-order valence-electron chi connectivity index (χ0n) is 7.82. The van der Waals surface area contributed by atoms with Crippen LogP contribution in [0, 0.1) is 5.92 Å². The third kappa shape index (κ3) is 2.64. The van der Waals surface area contributed by atoms with Crippen LogP contribution in [0.15, 0.2) is 16.8 Å². The van der Waals surface area contributed by atoms with E-state index in [1.165, 1.54) is 0 Å². The molecule has 1 rings (SSSR count). The van der Waals surface area contributed by atoms with Crippen LogP contribution in [-0.2, 0) is 0 Å². The van der Waals surface area contributed by atoms with Gasteiger partial charge in [0.1, 0.15) is 0 Å². The number of carbonyl (C=O) groups excluding carboxylic acids is 1. The summed E-state index contributed by atoms with van der Waals surface area (Å²) < 4.78 is 0. The lowest BCUT2D eigenvalue weighted by Gasteiger charge is -2.10. The topological polar surface area (TPSA) is 43.1 Å². The molecule has 1 unspecified atom stereocenters. The number of Topliss-reactive ketones (excluding diaryl/α,β-unsaturated/α-hetero) is 1. The summed E-state index contributed by atoms with van der Waals surface area (Å²) in [7, 11) is 0. The maximum absolute atomic E-state index is 11.8. The normalized spacial score (nSPS) is 12.8. The minimum atomic E-state index is 0.0135. The third-order valence-electron chi connectivity index (χ3n) is 2.10. The average Bonchev–Trinajstić information content (AvgIpc) is 2.65. The van der Waals surface area contributed by atoms with Crippen LogP contribution < -0.4 is 5.73 Å². The van der Waals surface area contributed by atoms with E-state index in [-0.39, 0.29) is 11.7 Å². The van der Waals surface area contributed by atoms with Gasteiger partial charge >= 0.3 is 0 Å². The Morgan fingerprint density at radius 1 is 1.69 bits per heavy atom. The molecule has 3 heteroatoms. The number of thiophene rings is 1. The average molecular weight is 197 g/mol. The predicted octanol–water partition coefficient (Wildman–Crippen LogP) is 2.31. The molecule has 1 atom stereocenters. The van der Waals surface area contributed by atoms with Gasteiger partial charge in [-0.05, 0) is 17.9 Å². The lowest BCUT2D eigenvalue weighted by molar-refractivity contribution is 0.0918. The van der Waals surface area contributed by atoms with E-state index < -0.39 is 0 Å². The molecule has 0 saturated carbocycles. The Balaban J connectivity index is 2.65. The van der Waals surface area contributed by atoms with Crippen molar-refractivity contribution in [2.75, 3.05) is 6.54 Å². The molecule has 2 nitrogen and oxygen atoms in total. The summed E-state index contributed by atoms with van der Waals surface area (Å²) in [5, 5.41) is 3.81.